The first kappa shape index (κ1) is 12.6. The molecule has 0 N–H and O–H groups in total. The summed E-state index contributed by atoms with van der Waals surface area (Å²) in [5.74, 6) is -0.201. The van der Waals surface area contributed by atoms with E-state index in [-0.39, 0.29) is 22.9 Å². The van der Waals surface area contributed by atoms with Gasteiger partial charge in [0.05, 0.1) is 17.7 Å². The number of morpholine rings is 1. The minimum absolute atomic E-state index is 0.0330. The second kappa shape index (κ2) is 5.21. The van der Waals surface area contributed by atoms with Crippen molar-refractivity contribution in [3.63, 3.8) is 0 Å². The van der Waals surface area contributed by atoms with Crippen LogP contribution in [-0.2, 0) is 4.74 Å². The number of hydrogen-bond acceptors (Lipinski definition) is 3. The smallest absolute Gasteiger partial charge is 0.274 e. The number of amides is 1. The Morgan fingerprint density at radius 2 is 2.29 bits per heavy atom. The number of aromatic nitrogens is 1. The van der Waals surface area contributed by atoms with Crippen LogP contribution in [0.2, 0.25) is 10.2 Å². The summed E-state index contributed by atoms with van der Waals surface area (Å²) in [6, 6.07) is 3.14. The van der Waals surface area contributed by atoms with Gasteiger partial charge in [0.25, 0.3) is 5.91 Å². The molecule has 0 bridgehead atoms. The molecule has 1 aromatic heterocycles. The highest BCUT2D eigenvalue weighted by Gasteiger charge is 2.25. The number of rotatable bonds is 1. The highest BCUT2D eigenvalue weighted by atomic mass is 35.5. The Labute approximate surface area is 109 Å². The van der Waals surface area contributed by atoms with E-state index in [0.29, 0.717) is 24.7 Å². The van der Waals surface area contributed by atoms with Gasteiger partial charge in [0, 0.05) is 13.1 Å². The van der Waals surface area contributed by atoms with E-state index in [1.54, 1.807) is 17.0 Å². The van der Waals surface area contributed by atoms with E-state index in [0.717, 1.165) is 0 Å². The summed E-state index contributed by atoms with van der Waals surface area (Å²) in [6.45, 7) is 3.55. The van der Waals surface area contributed by atoms with Crippen LogP contribution in [0.1, 0.15) is 17.4 Å². The molecule has 1 fully saturated rings. The maximum absolute atomic E-state index is 12.2. The first-order valence-electron chi connectivity index (χ1n) is 5.31. The molecule has 6 heteroatoms. The van der Waals surface area contributed by atoms with Crippen molar-refractivity contribution in [1.82, 2.24) is 9.88 Å². The van der Waals surface area contributed by atoms with Crippen LogP contribution in [0, 0.1) is 0 Å². The van der Waals surface area contributed by atoms with Crippen molar-refractivity contribution < 1.29 is 9.53 Å². The molecule has 1 atom stereocenters. The number of carbonyl (C=O) groups is 1. The van der Waals surface area contributed by atoms with E-state index >= 15 is 0 Å². The highest BCUT2D eigenvalue weighted by molar-refractivity contribution is 6.34. The third-order valence-electron chi connectivity index (χ3n) is 2.54. The summed E-state index contributed by atoms with van der Waals surface area (Å²) in [5, 5.41) is 0.581. The van der Waals surface area contributed by atoms with Gasteiger partial charge in [-0.1, -0.05) is 23.2 Å². The second-order valence-corrected chi connectivity index (χ2v) is 4.69. The Bertz CT molecular complexity index is 439. The molecule has 0 radical (unpaired) electrons. The Morgan fingerprint density at radius 1 is 1.53 bits per heavy atom. The van der Waals surface area contributed by atoms with Gasteiger partial charge >= 0.3 is 0 Å². The van der Waals surface area contributed by atoms with Crippen molar-refractivity contribution in [3.05, 3.63) is 28.0 Å². The van der Waals surface area contributed by atoms with Gasteiger partial charge in [-0.15, -0.1) is 0 Å². The molecule has 2 heterocycles. The standard InChI is InChI=1S/C11H12Cl2N2O2/c1-7-6-15(4-5-17-7)11(16)10-8(12)2-3-9(13)14-10/h2-3,7H,4-6H2,1H3. The van der Waals surface area contributed by atoms with E-state index in [9.17, 15) is 4.79 Å². The van der Waals surface area contributed by atoms with Crippen LogP contribution in [0.4, 0.5) is 0 Å². The van der Waals surface area contributed by atoms with E-state index in [4.69, 9.17) is 27.9 Å². The SMILES string of the molecule is CC1CN(C(=O)c2nc(Cl)ccc2Cl)CCO1. The number of halogens is 2. The number of pyridine rings is 1. The molecular weight excluding hydrogens is 263 g/mol. The summed E-state index contributed by atoms with van der Waals surface area (Å²) in [6.07, 6.45) is 0.0330. The minimum atomic E-state index is -0.201. The molecular formula is C11H12Cl2N2O2. The zero-order valence-corrected chi connectivity index (χ0v) is 10.8. The molecule has 0 saturated carbocycles. The molecule has 1 aliphatic heterocycles. The van der Waals surface area contributed by atoms with Crippen LogP contribution in [0.25, 0.3) is 0 Å². The van der Waals surface area contributed by atoms with Crippen molar-refractivity contribution in [2.45, 2.75) is 13.0 Å². The summed E-state index contributed by atoms with van der Waals surface area (Å²) in [4.78, 5) is 17.8. The van der Waals surface area contributed by atoms with Crippen LogP contribution in [-0.4, -0.2) is 41.6 Å². The lowest BCUT2D eigenvalue weighted by atomic mass is 10.2. The summed E-state index contributed by atoms with van der Waals surface area (Å²) in [5.41, 5.74) is 0.202. The minimum Gasteiger partial charge on any atom is -0.375 e. The average Bonchev–Trinajstić information content (AvgIpc) is 2.31. The fraction of sp³-hybridized carbons (Fsp3) is 0.455. The highest BCUT2D eigenvalue weighted by Crippen LogP contribution is 2.19. The largest absolute Gasteiger partial charge is 0.375 e. The van der Waals surface area contributed by atoms with Crippen molar-refractivity contribution in [1.29, 1.82) is 0 Å². The van der Waals surface area contributed by atoms with Gasteiger partial charge in [0.1, 0.15) is 10.8 Å². The maximum Gasteiger partial charge on any atom is 0.274 e. The number of nitrogens with zero attached hydrogens (tertiary/aromatic N) is 2. The zero-order valence-electron chi connectivity index (χ0n) is 9.32. The monoisotopic (exact) mass is 274 g/mol. The normalized spacial score (nSPS) is 20.4. The molecule has 0 aromatic carbocycles. The van der Waals surface area contributed by atoms with E-state index in [1.165, 1.54) is 0 Å². The van der Waals surface area contributed by atoms with Crippen molar-refractivity contribution >= 4 is 29.1 Å². The van der Waals surface area contributed by atoms with Gasteiger partial charge in [0.15, 0.2) is 0 Å². The average molecular weight is 275 g/mol. The summed E-state index contributed by atoms with van der Waals surface area (Å²) < 4.78 is 5.37. The molecule has 1 aliphatic rings. The second-order valence-electron chi connectivity index (χ2n) is 3.90. The van der Waals surface area contributed by atoms with Crippen LogP contribution >= 0.6 is 23.2 Å². The molecule has 0 aliphatic carbocycles. The number of hydrogen-bond donors (Lipinski definition) is 0. The molecule has 0 spiro atoms. The van der Waals surface area contributed by atoms with E-state index in [2.05, 4.69) is 4.98 Å². The van der Waals surface area contributed by atoms with Gasteiger partial charge in [-0.2, -0.15) is 0 Å². The summed E-state index contributed by atoms with van der Waals surface area (Å²) in [7, 11) is 0. The fourth-order valence-corrected chi connectivity index (χ4v) is 2.05. The molecule has 17 heavy (non-hydrogen) atoms. The number of ether oxygens (including phenoxy) is 1. The third-order valence-corrected chi connectivity index (χ3v) is 3.06. The quantitative estimate of drug-likeness (QED) is 0.738. The lowest BCUT2D eigenvalue weighted by Crippen LogP contribution is -2.44. The summed E-state index contributed by atoms with van der Waals surface area (Å²) >= 11 is 11.7. The molecule has 1 amide bonds. The topological polar surface area (TPSA) is 42.4 Å². The first-order valence-corrected chi connectivity index (χ1v) is 6.06. The Hall–Kier alpha value is -0.840. The van der Waals surface area contributed by atoms with E-state index in [1.807, 2.05) is 6.92 Å². The zero-order chi connectivity index (χ0) is 12.4. The van der Waals surface area contributed by atoms with Crippen molar-refractivity contribution in [2.75, 3.05) is 19.7 Å². The predicted octanol–water partition coefficient (Wildman–Crippen LogP) is 2.25. The first-order chi connectivity index (χ1) is 8.08. The molecule has 4 nitrogen and oxygen atoms in total. The van der Waals surface area contributed by atoms with E-state index < -0.39 is 0 Å². The molecule has 2 rings (SSSR count). The lowest BCUT2D eigenvalue weighted by molar-refractivity contribution is -0.0126. The molecule has 1 aromatic rings. The van der Waals surface area contributed by atoms with Crippen molar-refractivity contribution in [3.8, 4) is 0 Å². The Kier molecular flexibility index (Phi) is 3.86. The van der Waals surface area contributed by atoms with Gasteiger partial charge in [0.2, 0.25) is 0 Å². The molecule has 92 valence electrons. The Morgan fingerprint density at radius 3 is 3.00 bits per heavy atom. The van der Waals surface area contributed by atoms with Crippen LogP contribution in [0.3, 0.4) is 0 Å². The lowest BCUT2D eigenvalue weighted by Gasteiger charge is -2.31. The predicted molar refractivity (Wildman–Crippen MR) is 65.6 cm³/mol. The van der Waals surface area contributed by atoms with Crippen LogP contribution < -0.4 is 0 Å². The van der Waals surface area contributed by atoms with Crippen molar-refractivity contribution in [2.24, 2.45) is 0 Å². The third kappa shape index (κ3) is 2.89. The Balaban J connectivity index is 2.21. The van der Waals surface area contributed by atoms with Crippen LogP contribution in [0.5, 0.6) is 0 Å². The van der Waals surface area contributed by atoms with Crippen LogP contribution in [0.15, 0.2) is 12.1 Å². The van der Waals surface area contributed by atoms with Gasteiger partial charge in [-0.3, -0.25) is 4.79 Å². The van der Waals surface area contributed by atoms with Gasteiger partial charge in [-0.25, -0.2) is 4.98 Å². The molecule has 1 unspecified atom stereocenters. The van der Waals surface area contributed by atoms with Gasteiger partial charge < -0.3 is 9.64 Å². The maximum atomic E-state index is 12.2. The van der Waals surface area contributed by atoms with Gasteiger partial charge in [-0.05, 0) is 19.1 Å². The fourth-order valence-electron chi connectivity index (χ4n) is 1.72. The molecule has 1 saturated heterocycles. The number of carbonyl (C=O) groups excluding carboxylic acids is 1.